The summed E-state index contributed by atoms with van der Waals surface area (Å²) in [5.74, 6) is 0. The first-order chi connectivity index (χ1) is 6.27. The summed E-state index contributed by atoms with van der Waals surface area (Å²) in [6, 6.07) is 9.16. The van der Waals surface area contributed by atoms with Gasteiger partial charge in [-0.15, -0.1) is 24.0 Å². The molecule has 1 nitrogen and oxygen atoms in total. The number of rotatable bonds is 1. The van der Waals surface area contributed by atoms with E-state index in [1.165, 1.54) is 11.1 Å². The molecular weight excluding hydrogens is 285 g/mol. The zero-order chi connectivity index (χ0) is 9.26. The zero-order valence-corrected chi connectivity index (χ0v) is 10.9. The van der Waals surface area contributed by atoms with E-state index >= 15 is 0 Å². The molecule has 0 amide bonds. The molecule has 14 heavy (non-hydrogen) atoms. The largest absolute Gasteiger partial charge is 0.371 e. The Morgan fingerprint density at radius 3 is 2.64 bits per heavy atom. The molecule has 0 unspecified atom stereocenters. The molecule has 0 aromatic heterocycles. The maximum absolute atomic E-state index is 2.35. The van der Waals surface area contributed by atoms with Gasteiger partial charge >= 0.3 is 0 Å². The second kappa shape index (κ2) is 4.82. The second-order valence-corrected chi connectivity index (χ2v) is 3.78. The molecule has 0 N–H and O–H groups in total. The summed E-state index contributed by atoms with van der Waals surface area (Å²) in [5.41, 5.74) is 2.79. The molecule has 1 aliphatic rings. The second-order valence-electron chi connectivity index (χ2n) is 3.78. The van der Waals surface area contributed by atoms with Crippen molar-refractivity contribution < 1.29 is 0 Å². The lowest BCUT2D eigenvalue weighted by molar-refractivity contribution is 0.302. The number of nitrogens with zero attached hydrogens (tertiary/aromatic N) is 1. The summed E-state index contributed by atoms with van der Waals surface area (Å²) >= 11 is 0. The van der Waals surface area contributed by atoms with Crippen LogP contribution in [-0.2, 0) is 6.54 Å². The molecule has 2 heteroatoms. The molecule has 1 heterocycles. The van der Waals surface area contributed by atoms with Crippen LogP contribution in [0.1, 0.15) is 25.0 Å². The first-order valence-corrected chi connectivity index (χ1v) is 4.79. The van der Waals surface area contributed by atoms with Gasteiger partial charge in [0.15, 0.2) is 0 Å². The van der Waals surface area contributed by atoms with Crippen LogP contribution in [0.2, 0.25) is 0 Å². The first kappa shape index (κ1) is 11.6. The van der Waals surface area contributed by atoms with Gasteiger partial charge in [0.25, 0.3) is 0 Å². The van der Waals surface area contributed by atoms with Gasteiger partial charge in [0.2, 0.25) is 0 Å². The fraction of sp³-hybridized carbons (Fsp3) is 0.333. The Hall–Kier alpha value is -0.510. The van der Waals surface area contributed by atoms with Crippen molar-refractivity contribution in [2.24, 2.45) is 0 Å². The summed E-state index contributed by atoms with van der Waals surface area (Å²) < 4.78 is 0. The molecule has 0 bridgehead atoms. The maximum Gasteiger partial charge on any atom is 0.0432 e. The molecule has 1 aromatic carbocycles. The summed E-state index contributed by atoms with van der Waals surface area (Å²) in [7, 11) is 0. The highest BCUT2D eigenvalue weighted by molar-refractivity contribution is 14.0. The molecule has 0 saturated heterocycles. The van der Waals surface area contributed by atoms with Gasteiger partial charge in [-0.2, -0.15) is 0 Å². The van der Waals surface area contributed by atoms with Crippen LogP contribution in [0.5, 0.6) is 0 Å². The average Bonchev–Trinajstić information content (AvgIpc) is 2.17. The third-order valence-corrected chi connectivity index (χ3v) is 2.52. The smallest absolute Gasteiger partial charge is 0.0432 e. The van der Waals surface area contributed by atoms with Gasteiger partial charge < -0.3 is 4.90 Å². The number of halogens is 1. The number of benzene rings is 1. The van der Waals surface area contributed by atoms with Crippen LogP contribution in [0, 0.1) is 0 Å². The molecule has 0 aliphatic carbocycles. The predicted octanol–water partition coefficient (Wildman–Crippen LogP) is 3.50. The molecule has 76 valence electrons. The first-order valence-electron chi connectivity index (χ1n) is 4.79. The topological polar surface area (TPSA) is 3.24 Å². The van der Waals surface area contributed by atoms with Crippen molar-refractivity contribution >= 4 is 30.1 Å². The van der Waals surface area contributed by atoms with E-state index in [9.17, 15) is 0 Å². The van der Waals surface area contributed by atoms with E-state index in [4.69, 9.17) is 0 Å². The Balaban J connectivity index is 0.000000980. The minimum atomic E-state index is 0. The lowest BCUT2D eigenvalue weighted by Crippen LogP contribution is -2.26. The highest BCUT2D eigenvalue weighted by atomic mass is 127. The van der Waals surface area contributed by atoms with Crippen molar-refractivity contribution in [1.29, 1.82) is 0 Å². The maximum atomic E-state index is 2.35. The standard InChI is InChI=1S/C12H15N.HI/c1-10(2)13-8-7-11-5-3-4-6-12(11)9-13;/h3-8,10H,9H2,1-2H3;1H. The van der Waals surface area contributed by atoms with Crippen molar-refractivity contribution in [3.8, 4) is 0 Å². The summed E-state index contributed by atoms with van der Waals surface area (Å²) in [6.07, 6.45) is 4.38. The van der Waals surface area contributed by atoms with E-state index in [1.54, 1.807) is 0 Å². The van der Waals surface area contributed by atoms with Gasteiger partial charge in [0, 0.05) is 18.8 Å². The molecular formula is C12H16IN. The van der Waals surface area contributed by atoms with Crippen molar-refractivity contribution in [1.82, 2.24) is 4.90 Å². The van der Waals surface area contributed by atoms with Gasteiger partial charge in [-0.05, 0) is 31.1 Å². The lowest BCUT2D eigenvalue weighted by Gasteiger charge is -2.28. The van der Waals surface area contributed by atoms with Crippen molar-refractivity contribution in [2.75, 3.05) is 0 Å². The van der Waals surface area contributed by atoms with Crippen molar-refractivity contribution in [3.05, 3.63) is 41.6 Å². The fourth-order valence-electron chi connectivity index (χ4n) is 1.62. The summed E-state index contributed by atoms with van der Waals surface area (Å²) in [5, 5.41) is 0. The number of hydrogen-bond donors (Lipinski definition) is 0. The minimum Gasteiger partial charge on any atom is -0.371 e. The van der Waals surface area contributed by atoms with Gasteiger partial charge in [0.1, 0.15) is 0 Å². The van der Waals surface area contributed by atoms with Gasteiger partial charge in [-0.3, -0.25) is 0 Å². The van der Waals surface area contributed by atoms with Gasteiger partial charge in [-0.25, -0.2) is 0 Å². The van der Waals surface area contributed by atoms with E-state index in [0.29, 0.717) is 6.04 Å². The third-order valence-electron chi connectivity index (χ3n) is 2.52. The highest BCUT2D eigenvalue weighted by Crippen LogP contribution is 2.20. The average molecular weight is 301 g/mol. The van der Waals surface area contributed by atoms with Crippen LogP contribution >= 0.6 is 24.0 Å². The molecule has 1 aliphatic heterocycles. The quantitative estimate of drug-likeness (QED) is 0.718. The van der Waals surface area contributed by atoms with E-state index in [-0.39, 0.29) is 24.0 Å². The Kier molecular flexibility index (Phi) is 3.98. The Morgan fingerprint density at radius 2 is 1.93 bits per heavy atom. The predicted molar refractivity (Wildman–Crippen MR) is 71.6 cm³/mol. The van der Waals surface area contributed by atoms with Gasteiger partial charge in [0.05, 0.1) is 0 Å². The van der Waals surface area contributed by atoms with Crippen LogP contribution in [0.3, 0.4) is 0 Å². The van der Waals surface area contributed by atoms with E-state index in [2.05, 4.69) is 55.3 Å². The van der Waals surface area contributed by atoms with E-state index in [0.717, 1.165) is 6.54 Å². The number of fused-ring (bicyclic) bond motifs is 1. The third kappa shape index (κ3) is 2.29. The molecule has 0 saturated carbocycles. The van der Waals surface area contributed by atoms with Crippen LogP contribution < -0.4 is 0 Å². The van der Waals surface area contributed by atoms with Crippen LogP contribution in [-0.4, -0.2) is 10.9 Å². The summed E-state index contributed by atoms with van der Waals surface area (Å²) in [6.45, 7) is 5.49. The molecule has 0 spiro atoms. The molecule has 0 fully saturated rings. The van der Waals surface area contributed by atoms with Crippen molar-refractivity contribution in [2.45, 2.75) is 26.4 Å². The molecule has 1 aromatic rings. The fourth-order valence-corrected chi connectivity index (χ4v) is 1.62. The van der Waals surface area contributed by atoms with E-state index < -0.39 is 0 Å². The van der Waals surface area contributed by atoms with Crippen LogP contribution in [0.4, 0.5) is 0 Å². The SMILES string of the molecule is CC(C)N1C=Cc2ccccc2C1.I. The van der Waals surface area contributed by atoms with E-state index in [1.807, 2.05) is 0 Å². The Bertz CT molecular complexity index is 331. The normalized spacial score (nSPS) is 13.8. The molecule has 0 radical (unpaired) electrons. The number of hydrogen-bond acceptors (Lipinski definition) is 1. The minimum absolute atomic E-state index is 0. The highest BCUT2D eigenvalue weighted by Gasteiger charge is 2.11. The van der Waals surface area contributed by atoms with Crippen LogP contribution in [0.25, 0.3) is 6.08 Å². The Morgan fingerprint density at radius 1 is 1.21 bits per heavy atom. The Labute approximate surface area is 103 Å². The van der Waals surface area contributed by atoms with Crippen LogP contribution in [0.15, 0.2) is 30.5 Å². The monoisotopic (exact) mass is 301 g/mol. The van der Waals surface area contributed by atoms with Gasteiger partial charge in [-0.1, -0.05) is 24.3 Å². The molecule has 0 atom stereocenters. The summed E-state index contributed by atoms with van der Waals surface area (Å²) in [4.78, 5) is 2.35. The lowest BCUT2D eigenvalue weighted by atomic mass is 10.0. The molecule has 2 rings (SSSR count). The van der Waals surface area contributed by atoms with Crippen molar-refractivity contribution in [3.63, 3.8) is 0 Å². The zero-order valence-electron chi connectivity index (χ0n) is 8.60.